The first kappa shape index (κ1) is 16.7. The van der Waals surface area contributed by atoms with Gasteiger partial charge in [-0.15, -0.1) is 11.6 Å². The minimum absolute atomic E-state index is 0.288. The normalized spacial score (nSPS) is 12.7. The van der Waals surface area contributed by atoms with E-state index in [-0.39, 0.29) is 5.04 Å². The largest absolute Gasteiger partial charge is 0.417 e. The molecular formula is C15H26ClNOSi. The van der Waals surface area contributed by atoms with E-state index >= 15 is 0 Å². The standard InChI is InChI=1S/C15H26ClNOSi/c1-15(2,3)19(4,5)18-10-6-7-13-8-9-14(11-16)17-12-13/h8-9,12H,6-7,10-11H2,1-5H3. The summed E-state index contributed by atoms with van der Waals surface area (Å²) >= 11 is 5.72. The maximum Gasteiger partial charge on any atom is 0.191 e. The number of nitrogens with zero attached hydrogens (tertiary/aromatic N) is 1. The van der Waals surface area contributed by atoms with Gasteiger partial charge in [0.25, 0.3) is 0 Å². The first-order valence-electron chi connectivity index (χ1n) is 6.90. The van der Waals surface area contributed by atoms with Gasteiger partial charge in [0.2, 0.25) is 0 Å². The molecule has 1 heterocycles. The van der Waals surface area contributed by atoms with Crippen LogP contribution in [0.2, 0.25) is 18.1 Å². The van der Waals surface area contributed by atoms with Crippen LogP contribution in [0, 0.1) is 0 Å². The van der Waals surface area contributed by atoms with Crippen LogP contribution >= 0.6 is 11.6 Å². The van der Waals surface area contributed by atoms with Crippen LogP contribution in [-0.2, 0) is 16.7 Å². The van der Waals surface area contributed by atoms with Gasteiger partial charge in [0.1, 0.15) is 0 Å². The fraction of sp³-hybridized carbons (Fsp3) is 0.667. The number of hydrogen-bond acceptors (Lipinski definition) is 2. The molecule has 1 rings (SSSR count). The van der Waals surface area contributed by atoms with E-state index in [0.29, 0.717) is 5.88 Å². The zero-order valence-corrected chi connectivity index (χ0v) is 14.5. The van der Waals surface area contributed by atoms with Crippen molar-refractivity contribution >= 4 is 19.9 Å². The molecule has 0 saturated carbocycles. The average molecular weight is 300 g/mol. The second kappa shape index (κ2) is 6.87. The first-order valence-corrected chi connectivity index (χ1v) is 10.3. The molecule has 1 aromatic rings. The molecule has 0 radical (unpaired) electrons. The van der Waals surface area contributed by atoms with Gasteiger partial charge in [0.05, 0.1) is 11.6 Å². The Morgan fingerprint density at radius 1 is 1.26 bits per heavy atom. The molecule has 19 heavy (non-hydrogen) atoms. The molecule has 0 aromatic carbocycles. The van der Waals surface area contributed by atoms with Crippen LogP contribution in [0.5, 0.6) is 0 Å². The number of hydrogen-bond donors (Lipinski definition) is 0. The Labute approximate surface area is 123 Å². The Bertz CT molecular complexity index is 384. The summed E-state index contributed by atoms with van der Waals surface area (Å²) in [4.78, 5) is 4.30. The van der Waals surface area contributed by atoms with E-state index in [1.54, 1.807) is 0 Å². The monoisotopic (exact) mass is 299 g/mol. The average Bonchev–Trinajstić information content (AvgIpc) is 2.34. The third-order valence-corrected chi connectivity index (χ3v) is 8.71. The molecule has 0 N–H and O–H groups in total. The highest BCUT2D eigenvalue weighted by molar-refractivity contribution is 6.74. The van der Waals surface area contributed by atoms with Crippen LogP contribution < -0.4 is 0 Å². The molecule has 0 amide bonds. The van der Waals surface area contributed by atoms with Crippen molar-refractivity contribution in [2.75, 3.05) is 6.61 Å². The van der Waals surface area contributed by atoms with E-state index < -0.39 is 8.32 Å². The number of pyridine rings is 1. The lowest BCUT2D eigenvalue weighted by molar-refractivity contribution is 0.282. The molecule has 4 heteroatoms. The number of aromatic nitrogens is 1. The highest BCUT2D eigenvalue weighted by Crippen LogP contribution is 2.36. The summed E-state index contributed by atoms with van der Waals surface area (Å²) in [6.45, 7) is 12.2. The predicted molar refractivity (Wildman–Crippen MR) is 85.3 cm³/mol. The third-order valence-electron chi connectivity index (χ3n) is 3.90. The number of alkyl halides is 1. The van der Waals surface area contributed by atoms with Crippen LogP contribution in [0.4, 0.5) is 0 Å². The van der Waals surface area contributed by atoms with Crippen LogP contribution in [-0.4, -0.2) is 19.9 Å². The van der Waals surface area contributed by atoms with Crippen LogP contribution in [0.15, 0.2) is 18.3 Å². The lowest BCUT2D eigenvalue weighted by atomic mass is 10.1. The zero-order chi connectivity index (χ0) is 14.5. The maximum atomic E-state index is 6.16. The first-order chi connectivity index (χ1) is 8.76. The summed E-state index contributed by atoms with van der Waals surface area (Å²) < 4.78 is 6.16. The maximum absolute atomic E-state index is 6.16. The van der Waals surface area contributed by atoms with Gasteiger partial charge in [-0.05, 0) is 42.6 Å². The van der Waals surface area contributed by atoms with Crippen molar-refractivity contribution in [2.45, 2.75) is 57.6 Å². The van der Waals surface area contributed by atoms with Gasteiger partial charge in [-0.2, -0.15) is 0 Å². The molecule has 0 fully saturated rings. The number of rotatable bonds is 6. The Balaban J connectivity index is 2.34. The smallest absolute Gasteiger partial charge is 0.191 e. The summed E-state index contributed by atoms with van der Waals surface area (Å²) in [5.74, 6) is 0.481. The lowest BCUT2D eigenvalue weighted by Gasteiger charge is -2.36. The van der Waals surface area contributed by atoms with Crippen LogP contribution in [0.1, 0.15) is 38.4 Å². The van der Waals surface area contributed by atoms with E-state index in [4.69, 9.17) is 16.0 Å². The van der Waals surface area contributed by atoms with Gasteiger partial charge < -0.3 is 4.43 Å². The Kier molecular flexibility index (Phi) is 6.02. The topological polar surface area (TPSA) is 22.1 Å². The molecule has 108 valence electrons. The molecule has 1 aromatic heterocycles. The van der Waals surface area contributed by atoms with Crippen molar-refractivity contribution in [1.82, 2.24) is 4.98 Å². The lowest BCUT2D eigenvalue weighted by Crippen LogP contribution is -2.41. The molecule has 0 atom stereocenters. The Morgan fingerprint density at radius 3 is 2.42 bits per heavy atom. The molecular weight excluding hydrogens is 274 g/mol. The fourth-order valence-corrected chi connectivity index (χ4v) is 2.75. The van der Waals surface area contributed by atoms with E-state index in [2.05, 4.69) is 44.9 Å². The van der Waals surface area contributed by atoms with E-state index in [9.17, 15) is 0 Å². The summed E-state index contributed by atoms with van der Waals surface area (Å²) in [5.41, 5.74) is 2.19. The molecule has 0 aliphatic rings. The summed E-state index contributed by atoms with van der Waals surface area (Å²) in [6.07, 6.45) is 3.99. The zero-order valence-electron chi connectivity index (χ0n) is 12.8. The second-order valence-electron chi connectivity index (χ2n) is 6.50. The molecule has 2 nitrogen and oxygen atoms in total. The SMILES string of the molecule is CC(C)(C)[Si](C)(C)OCCCc1ccc(CCl)nc1. The molecule has 0 spiro atoms. The van der Waals surface area contributed by atoms with Crippen molar-refractivity contribution in [3.63, 3.8) is 0 Å². The van der Waals surface area contributed by atoms with Crippen molar-refractivity contribution < 1.29 is 4.43 Å². The van der Waals surface area contributed by atoms with Crippen LogP contribution in [0.25, 0.3) is 0 Å². The summed E-state index contributed by atoms with van der Waals surface area (Å²) in [7, 11) is -1.59. The minimum Gasteiger partial charge on any atom is -0.417 e. The van der Waals surface area contributed by atoms with Gasteiger partial charge >= 0.3 is 0 Å². The summed E-state index contributed by atoms with van der Waals surface area (Å²) in [6, 6.07) is 4.11. The molecule has 0 unspecified atom stereocenters. The van der Waals surface area contributed by atoms with Gasteiger partial charge in [0.15, 0.2) is 8.32 Å². The third kappa shape index (κ3) is 5.25. The quantitative estimate of drug-likeness (QED) is 0.429. The Hall–Kier alpha value is -0.383. The Morgan fingerprint density at radius 2 is 1.95 bits per heavy atom. The summed E-state index contributed by atoms with van der Waals surface area (Å²) in [5, 5.41) is 0.288. The predicted octanol–water partition coefficient (Wildman–Crippen LogP) is 4.77. The molecule has 0 saturated heterocycles. The van der Waals surface area contributed by atoms with Crippen molar-refractivity contribution in [2.24, 2.45) is 0 Å². The highest BCUT2D eigenvalue weighted by Gasteiger charge is 2.36. The molecule has 0 aliphatic carbocycles. The van der Waals surface area contributed by atoms with Crippen molar-refractivity contribution in [3.8, 4) is 0 Å². The van der Waals surface area contributed by atoms with E-state index in [0.717, 1.165) is 25.1 Å². The van der Waals surface area contributed by atoms with Crippen molar-refractivity contribution in [1.29, 1.82) is 0 Å². The van der Waals surface area contributed by atoms with Crippen molar-refractivity contribution in [3.05, 3.63) is 29.6 Å². The van der Waals surface area contributed by atoms with Crippen LogP contribution in [0.3, 0.4) is 0 Å². The molecule has 0 aliphatic heterocycles. The number of halogens is 1. The van der Waals surface area contributed by atoms with Gasteiger partial charge in [-0.1, -0.05) is 26.8 Å². The second-order valence-corrected chi connectivity index (χ2v) is 11.6. The van der Waals surface area contributed by atoms with Gasteiger partial charge in [0, 0.05) is 12.8 Å². The van der Waals surface area contributed by atoms with Gasteiger partial charge in [-0.3, -0.25) is 4.98 Å². The van der Waals surface area contributed by atoms with E-state index in [1.165, 1.54) is 5.56 Å². The van der Waals surface area contributed by atoms with Gasteiger partial charge in [-0.25, -0.2) is 0 Å². The highest BCUT2D eigenvalue weighted by atomic mass is 35.5. The van der Waals surface area contributed by atoms with E-state index in [1.807, 2.05) is 12.3 Å². The molecule has 0 bridgehead atoms. The fourth-order valence-electron chi connectivity index (χ4n) is 1.50. The number of aryl methyl sites for hydroxylation is 1. The minimum atomic E-state index is -1.59.